The number of allylic oxidation sites excluding steroid dienone is 4. The summed E-state index contributed by atoms with van der Waals surface area (Å²) in [6.45, 7) is 6.54. The minimum Gasteiger partial charge on any atom is -0.265 e. The van der Waals surface area contributed by atoms with E-state index < -0.39 is 0 Å². The summed E-state index contributed by atoms with van der Waals surface area (Å²) in [5.74, 6) is 1.09. The Balaban J connectivity index is 1.49. The molecule has 214 valence electrons. The molecule has 0 radical (unpaired) electrons. The standard InChI is InChI=1S/C39H33N5/c1-28-22-36(31-14-8-4-9-15-31)43-37(23-28)34-24-33(30-18-20-41-21-19-30)25-35(26-34)38(40-2)44-39(32-16-10-5-11-17-32)42-27-29-12-6-3-7-13-29/h3,5-8,10-26H,2,4,9,27H2,1H3. The number of aryl methyl sites for hydroxylation is 1. The Morgan fingerprint density at radius 1 is 0.727 bits per heavy atom. The number of benzene rings is 3. The number of aliphatic imine (C=N–C) groups is 3. The molecule has 0 unspecified atom stereocenters. The maximum Gasteiger partial charge on any atom is 0.161 e. The molecule has 0 saturated carbocycles. The second kappa shape index (κ2) is 13.6. The van der Waals surface area contributed by atoms with Gasteiger partial charge in [0, 0.05) is 29.1 Å². The molecule has 0 fully saturated rings. The van der Waals surface area contributed by atoms with Gasteiger partial charge in [0.1, 0.15) is 0 Å². The first kappa shape index (κ1) is 28.6. The monoisotopic (exact) mass is 571 g/mol. The Hall–Kier alpha value is -5.55. The van der Waals surface area contributed by atoms with E-state index in [9.17, 15) is 0 Å². The highest BCUT2D eigenvalue weighted by Crippen LogP contribution is 2.30. The van der Waals surface area contributed by atoms with Gasteiger partial charge in [-0.2, -0.15) is 0 Å². The summed E-state index contributed by atoms with van der Waals surface area (Å²) in [4.78, 5) is 23.7. The van der Waals surface area contributed by atoms with Crippen molar-refractivity contribution in [3.8, 4) is 22.4 Å². The number of aromatic nitrogens is 2. The van der Waals surface area contributed by atoms with Crippen molar-refractivity contribution in [2.45, 2.75) is 26.3 Å². The van der Waals surface area contributed by atoms with Crippen molar-refractivity contribution in [2.75, 3.05) is 0 Å². The summed E-state index contributed by atoms with van der Waals surface area (Å²) >= 11 is 0. The lowest BCUT2D eigenvalue weighted by molar-refractivity contribution is 1.04. The van der Waals surface area contributed by atoms with E-state index >= 15 is 0 Å². The molecule has 0 atom stereocenters. The van der Waals surface area contributed by atoms with Crippen molar-refractivity contribution in [3.05, 3.63) is 162 Å². The molecule has 0 amide bonds. The fourth-order valence-corrected chi connectivity index (χ4v) is 5.20. The van der Waals surface area contributed by atoms with Crippen molar-refractivity contribution in [1.29, 1.82) is 0 Å². The smallest absolute Gasteiger partial charge is 0.161 e. The van der Waals surface area contributed by atoms with Crippen LogP contribution in [0.5, 0.6) is 0 Å². The van der Waals surface area contributed by atoms with Crippen LogP contribution < -0.4 is 0 Å². The van der Waals surface area contributed by atoms with Gasteiger partial charge in [-0.25, -0.2) is 15.0 Å². The number of pyridine rings is 2. The van der Waals surface area contributed by atoms with Crippen molar-refractivity contribution in [1.82, 2.24) is 9.97 Å². The molecule has 1 aliphatic rings. The highest BCUT2D eigenvalue weighted by Gasteiger charge is 2.14. The lowest BCUT2D eigenvalue weighted by Gasteiger charge is -2.13. The molecule has 6 rings (SSSR count). The molecular weight excluding hydrogens is 538 g/mol. The normalized spacial score (nSPS) is 13.4. The number of nitrogens with zero attached hydrogens (tertiary/aromatic N) is 5. The first-order valence-electron chi connectivity index (χ1n) is 14.8. The predicted molar refractivity (Wildman–Crippen MR) is 183 cm³/mol. The van der Waals surface area contributed by atoms with Gasteiger partial charge in [-0.05, 0) is 96.8 Å². The molecule has 0 aliphatic heterocycles. The minimum absolute atomic E-state index is 0.489. The van der Waals surface area contributed by atoms with Gasteiger partial charge in [0.25, 0.3) is 0 Å². The lowest BCUT2D eigenvalue weighted by atomic mass is 9.96. The third-order valence-electron chi connectivity index (χ3n) is 7.41. The van der Waals surface area contributed by atoms with Crippen LogP contribution in [-0.4, -0.2) is 28.4 Å². The van der Waals surface area contributed by atoms with Crippen LogP contribution in [0.3, 0.4) is 0 Å². The Bertz CT molecular complexity index is 1890. The third kappa shape index (κ3) is 6.90. The van der Waals surface area contributed by atoms with Gasteiger partial charge in [-0.3, -0.25) is 9.98 Å². The van der Waals surface area contributed by atoms with Crippen molar-refractivity contribution in [3.63, 3.8) is 0 Å². The molecule has 1 aliphatic carbocycles. The Morgan fingerprint density at radius 3 is 2.18 bits per heavy atom. The summed E-state index contributed by atoms with van der Waals surface area (Å²) < 4.78 is 0. The largest absolute Gasteiger partial charge is 0.265 e. The molecule has 2 aromatic heterocycles. The lowest BCUT2D eigenvalue weighted by Crippen LogP contribution is -2.06. The molecule has 5 nitrogen and oxygen atoms in total. The van der Waals surface area contributed by atoms with Crippen molar-refractivity contribution in [2.24, 2.45) is 15.0 Å². The predicted octanol–water partition coefficient (Wildman–Crippen LogP) is 8.95. The molecule has 0 spiro atoms. The van der Waals surface area contributed by atoms with Gasteiger partial charge in [-0.15, -0.1) is 0 Å². The zero-order valence-corrected chi connectivity index (χ0v) is 24.8. The number of hydrogen-bond donors (Lipinski definition) is 0. The van der Waals surface area contributed by atoms with Crippen molar-refractivity contribution >= 4 is 24.0 Å². The summed E-state index contributed by atoms with van der Waals surface area (Å²) in [6, 6.07) is 34.8. The Kier molecular flexibility index (Phi) is 8.84. The highest BCUT2D eigenvalue weighted by atomic mass is 15.0. The summed E-state index contributed by atoms with van der Waals surface area (Å²) in [7, 11) is 0. The van der Waals surface area contributed by atoms with Crippen LogP contribution in [0.2, 0.25) is 0 Å². The average Bonchev–Trinajstić information content (AvgIpc) is 3.09. The van der Waals surface area contributed by atoms with Crippen LogP contribution in [0, 0.1) is 6.92 Å². The van der Waals surface area contributed by atoms with Crippen LogP contribution in [0.1, 0.15) is 40.8 Å². The van der Waals surface area contributed by atoms with Crippen molar-refractivity contribution < 1.29 is 0 Å². The fourth-order valence-electron chi connectivity index (χ4n) is 5.20. The Labute approximate surface area is 258 Å². The van der Waals surface area contributed by atoms with Gasteiger partial charge in [0.2, 0.25) is 0 Å². The highest BCUT2D eigenvalue weighted by molar-refractivity contribution is 6.13. The average molecular weight is 572 g/mol. The van der Waals surface area contributed by atoms with Crippen LogP contribution in [0.25, 0.3) is 28.0 Å². The molecular formula is C39H33N5. The molecule has 2 heterocycles. The van der Waals surface area contributed by atoms with Gasteiger partial charge in [0.15, 0.2) is 11.7 Å². The maximum absolute atomic E-state index is 5.12. The second-order valence-electron chi connectivity index (χ2n) is 10.7. The molecule has 0 N–H and O–H groups in total. The summed E-state index contributed by atoms with van der Waals surface area (Å²) in [6.07, 6.45) is 12.3. The van der Waals surface area contributed by atoms with E-state index in [1.807, 2.05) is 60.7 Å². The van der Waals surface area contributed by atoms with Gasteiger partial charge < -0.3 is 0 Å². The SMILES string of the molecule is C=NC(=NC(=NCc1ccccc1)c1ccccc1)c1cc(-c2ccncc2)cc(-c2cc(C)cc(C3=CCCC=C3)n2)c1. The van der Waals surface area contributed by atoms with E-state index in [0.717, 1.165) is 68.7 Å². The zero-order valence-electron chi connectivity index (χ0n) is 24.8. The van der Waals surface area contributed by atoms with Crippen LogP contribution >= 0.6 is 0 Å². The third-order valence-corrected chi connectivity index (χ3v) is 7.41. The van der Waals surface area contributed by atoms with E-state index in [0.29, 0.717) is 18.2 Å². The first-order valence-corrected chi connectivity index (χ1v) is 14.8. The van der Waals surface area contributed by atoms with Crippen LogP contribution in [0.4, 0.5) is 0 Å². The molecule has 3 aromatic carbocycles. The molecule has 44 heavy (non-hydrogen) atoms. The minimum atomic E-state index is 0.489. The van der Waals surface area contributed by atoms with E-state index in [1.54, 1.807) is 12.4 Å². The molecule has 0 bridgehead atoms. The van der Waals surface area contributed by atoms with E-state index in [2.05, 4.69) is 84.3 Å². The van der Waals surface area contributed by atoms with E-state index in [4.69, 9.17) is 15.0 Å². The van der Waals surface area contributed by atoms with Gasteiger partial charge in [-0.1, -0.05) is 78.9 Å². The van der Waals surface area contributed by atoms with Crippen LogP contribution in [0.15, 0.2) is 149 Å². The maximum atomic E-state index is 5.12. The van der Waals surface area contributed by atoms with Crippen LogP contribution in [-0.2, 0) is 6.54 Å². The Morgan fingerprint density at radius 2 is 1.45 bits per heavy atom. The van der Waals surface area contributed by atoms with Gasteiger partial charge >= 0.3 is 0 Å². The van der Waals surface area contributed by atoms with Gasteiger partial charge in [0.05, 0.1) is 17.9 Å². The first-order chi connectivity index (χ1) is 21.7. The van der Waals surface area contributed by atoms with E-state index in [1.165, 1.54) is 0 Å². The number of hydrogen-bond acceptors (Lipinski definition) is 3. The fraction of sp³-hybridized carbons (Fsp3) is 0.103. The topological polar surface area (TPSA) is 62.9 Å². The molecule has 5 aromatic rings. The zero-order chi connectivity index (χ0) is 30.1. The second-order valence-corrected chi connectivity index (χ2v) is 10.7. The van der Waals surface area contributed by atoms with E-state index in [-0.39, 0.29) is 0 Å². The molecule has 5 heteroatoms. The summed E-state index contributed by atoms with van der Waals surface area (Å²) in [5.41, 5.74) is 10.0. The summed E-state index contributed by atoms with van der Waals surface area (Å²) in [5, 5.41) is 0. The number of amidine groups is 2. The number of rotatable bonds is 7. The molecule has 0 saturated heterocycles. The quantitative estimate of drug-likeness (QED) is 0.145.